The number of nitrogens with zero attached hydrogens (tertiary/aromatic N) is 1. The van der Waals surface area contributed by atoms with Gasteiger partial charge in [-0.3, -0.25) is 9.59 Å². The monoisotopic (exact) mass is 478 g/mol. The SMILES string of the molecule is COc1ccc(S(=O)(=O)NCc2ccccc2)cc1NC(=O)Cc1n[nH]c(=O)c2ccccc12. The quantitative estimate of drug-likeness (QED) is 0.357. The molecule has 0 radical (unpaired) electrons. The molecule has 10 heteroatoms. The number of ether oxygens (including phenoxy) is 1. The normalized spacial score (nSPS) is 11.3. The van der Waals surface area contributed by atoms with Gasteiger partial charge in [-0.05, 0) is 29.8 Å². The highest BCUT2D eigenvalue weighted by Crippen LogP contribution is 2.28. The minimum Gasteiger partial charge on any atom is -0.495 e. The lowest BCUT2D eigenvalue weighted by Gasteiger charge is -2.13. The maximum Gasteiger partial charge on any atom is 0.272 e. The molecule has 0 atom stereocenters. The van der Waals surface area contributed by atoms with Crippen molar-refractivity contribution in [2.75, 3.05) is 12.4 Å². The lowest BCUT2D eigenvalue weighted by atomic mass is 10.1. The van der Waals surface area contributed by atoms with Crippen molar-refractivity contribution in [2.45, 2.75) is 17.9 Å². The van der Waals surface area contributed by atoms with Crippen LogP contribution in [0.4, 0.5) is 5.69 Å². The zero-order chi connectivity index (χ0) is 24.1. The highest BCUT2D eigenvalue weighted by Gasteiger charge is 2.18. The summed E-state index contributed by atoms with van der Waals surface area (Å²) in [5.74, 6) is -0.149. The first kappa shape index (κ1) is 23.1. The molecule has 3 aromatic carbocycles. The van der Waals surface area contributed by atoms with Crippen LogP contribution in [-0.2, 0) is 27.8 Å². The average Bonchev–Trinajstić information content (AvgIpc) is 2.85. The number of sulfonamides is 1. The van der Waals surface area contributed by atoms with Gasteiger partial charge in [0.1, 0.15) is 5.75 Å². The van der Waals surface area contributed by atoms with Crippen molar-refractivity contribution >= 4 is 32.4 Å². The van der Waals surface area contributed by atoms with Gasteiger partial charge in [0.15, 0.2) is 0 Å². The summed E-state index contributed by atoms with van der Waals surface area (Å²) in [4.78, 5) is 24.7. The van der Waals surface area contributed by atoms with Gasteiger partial charge in [0.05, 0.1) is 35.2 Å². The number of hydrogen-bond acceptors (Lipinski definition) is 6. The fourth-order valence-electron chi connectivity index (χ4n) is 3.46. The largest absolute Gasteiger partial charge is 0.495 e. The Balaban J connectivity index is 1.55. The van der Waals surface area contributed by atoms with Gasteiger partial charge < -0.3 is 10.1 Å². The molecule has 0 spiro atoms. The maximum absolute atomic E-state index is 12.8. The molecule has 9 nitrogen and oxygen atoms in total. The fraction of sp³-hybridized carbons (Fsp3) is 0.125. The third-order valence-electron chi connectivity index (χ3n) is 5.17. The number of carbonyl (C=O) groups excluding carboxylic acids is 1. The van der Waals surface area contributed by atoms with E-state index in [2.05, 4.69) is 20.2 Å². The lowest BCUT2D eigenvalue weighted by Crippen LogP contribution is -2.23. The van der Waals surface area contributed by atoms with Crippen LogP contribution in [0.1, 0.15) is 11.3 Å². The molecule has 0 unspecified atom stereocenters. The summed E-state index contributed by atoms with van der Waals surface area (Å²) in [6.45, 7) is 0.127. The minimum absolute atomic E-state index is 0.0212. The summed E-state index contributed by atoms with van der Waals surface area (Å²) in [6.07, 6.45) is -0.135. The van der Waals surface area contributed by atoms with Crippen molar-refractivity contribution in [2.24, 2.45) is 0 Å². The van der Waals surface area contributed by atoms with Gasteiger partial charge in [0, 0.05) is 11.9 Å². The van der Waals surface area contributed by atoms with E-state index in [4.69, 9.17) is 4.74 Å². The van der Waals surface area contributed by atoms with Crippen molar-refractivity contribution in [3.05, 3.63) is 94.4 Å². The Kier molecular flexibility index (Phi) is 6.71. The molecule has 1 heterocycles. The first-order valence-electron chi connectivity index (χ1n) is 10.3. The van der Waals surface area contributed by atoms with E-state index in [-0.39, 0.29) is 29.1 Å². The molecule has 0 aliphatic heterocycles. The first-order chi connectivity index (χ1) is 16.4. The molecular weight excluding hydrogens is 456 g/mol. The van der Waals surface area contributed by atoms with E-state index in [9.17, 15) is 18.0 Å². The summed E-state index contributed by atoms with van der Waals surface area (Å²) in [6, 6.07) is 20.2. The van der Waals surface area contributed by atoms with Gasteiger partial charge in [-0.2, -0.15) is 5.10 Å². The molecule has 0 bridgehead atoms. The Bertz CT molecular complexity index is 1500. The summed E-state index contributed by atoms with van der Waals surface area (Å²) in [5.41, 5.74) is 1.06. The standard InChI is InChI=1S/C24H22N4O5S/c1-33-22-12-11-17(34(31,32)25-15-16-7-3-2-4-8-16)13-21(22)26-23(29)14-20-18-9-5-6-10-19(18)24(30)28-27-20/h2-13,25H,14-15H2,1H3,(H,26,29)(H,28,30). The molecule has 4 rings (SSSR count). The highest BCUT2D eigenvalue weighted by atomic mass is 32.2. The van der Waals surface area contributed by atoms with E-state index in [1.165, 1.54) is 25.3 Å². The zero-order valence-corrected chi connectivity index (χ0v) is 19.1. The third kappa shape index (κ3) is 5.13. The summed E-state index contributed by atoms with van der Waals surface area (Å²) in [7, 11) is -2.42. The second-order valence-corrected chi connectivity index (χ2v) is 9.21. The van der Waals surface area contributed by atoms with E-state index in [1.54, 1.807) is 24.3 Å². The van der Waals surface area contributed by atoms with Crippen molar-refractivity contribution in [1.82, 2.24) is 14.9 Å². The molecule has 0 fully saturated rings. The van der Waals surface area contributed by atoms with Gasteiger partial charge >= 0.3 is 0 Å². The van der Waals surface area contributed by atoms with Crippen LogP contribution in [0.15, 0.2) is 82.5 Å². The van der Waals surface area contributed by atoms with Gasteiger partial charge in [-0.15, -0.1) is 0 Å². The Morgan fingerprint density at radius 2 is 1.71 bits per heavy atom. The van der Waals surface area contributed by atoms with Crippen molar-refractivity contribution in [3.8, 4) is 5.75 Å². The number of fused-ring (bicyclic) bond motifs is 1. The van der Waals surface area contributed by atoms with Crippen LogP contribution < -0.4 is 20.3 Å². The third-order valence-corrected chi connectivity index (χ3v) is 6.57. The molecule has 0 aliphatic carbocycles. The average molecular weight is 479 g/mol. The predicted molar refractivity (Wildman–Crippen MR) is 128 cm³/mol. The van der Waals surface area contributed by atoms with Gasteiger partial charge in [0.2, 0.25) is 15.9 Å². The molecule has 34 heavy (non-hydrogen) atoms. The van der Waals surface area contributed by atoms with Crippen LogP contribution in [0.5, 0.6) is 5.75 Å². The number of anilines is 1. The van der Waals surface area contributed by atoms with Gasteiger partial charge in [0.25, 0.3) is 5.56 Å². The summed E-state index contributed by atoms with van der Waals surface area (Å²) in [5, 5.41) is 10.1. The number of nitrogens with one attached hydrogen (secondary N) is 3. The predicted octanol–water partition coefficient (Wildman–Crippen LogP) is 2.59. The van der Waals surface area contributed by atoms with E-state index in [1.807, 2.05) is 30.3 Å². The number of aromatic nitrogens is 2. The molecule has 4 aromatic rings. The van der Waals surface area contributed by atoms with Crippen LogP contribution in [0.2, 0.25) is 0 Å². The van der Waals surface area contributed by atoms with Crippen molar-refractivity contribution in [3.63, 3.8) is 0 Å². The molecule has 3 N–H and O–H groups in total. The van der Waals surface area contributed by atoms with Crippen LogP contribution in [0.25, 0.3) is 10.8 Å². The molecule has 0 saturated heterocycles. The van der Waals surface area contributed by atoms with E-state index < -0.39 is 15.9 Å². The molecule has 0 aliphatic rings. The summed E-state index contributed by atoms with van der Waals surface area (Å²) >= 11 is 0. The second-order valence-electron chi connectivity index (χ2n) is 7.44. The molecular formula is C24H22N4O5S. The molecule has 0 saturated carbocycles. The van der Waals surface area contributed by atoms with E-state index in [0.29, 0.717) is 22.2 Å². The van der Waals surface area contributed by atoms with Crippen LogP contribution >= 0.6 is 0 Å². The smallest absolute Gasteiger partial charge is 0.272 e. The number of methoxy groups -OCH3 is 1. The zero-order valence-electron chi connectivity index (χ0n) is 18.2. The Labute approximate surface area is 195 Å². The molecule has 1 amide bonds. The number of amides is 1. The number of benzene rings is 3. The van der Waals surface area contributed by atoms with Crippen molar-refractivity contribution in [1.29, 1.82) is 0 Å². The first-order valence-corrected chi connectivity index (χ1v) is 11.8. The number of carbonyl (C=O) groups is 1. The lowest BCUT2D eigenvalue weighted by molar-refractivity contribution is -0.115. The van der Waals surface area contributed by atoms with Gasteiger partial charge in [-0.25, -0.2) is 18.2 Å². The molecule has 1 aromatic heterocycles. The Morgan fingerprint density at radius 3 is 2.44 bits per heavy atom. The van der Waals surface area contributed by atoms with Crippen LogP contribution in [0.3, 0.4) is 0 Å². The number of rotatable bonds is 8. The molecule has 174 valence electrons. The minimum atomic E-state index is -3.84. The fourth-order valence-corrected chi connectivity index (χ4v) is 4.51. The summed E-state index contributed by atoms with van der Waals surface area (Å²) < 4.78 is 33.4. The Hall–Kier alpha value is -4.02. The number of hydrogen-bond donors (Lipinski definition) is 3. The van der Waals surface area contributed by atoms with Crippen LogP contribution in [0, 0.1) is 0 Å². The maximum atomic E-state index is 12.8. The highest BCUT2D eigenvalue weighted by molar-refractivity contribution is 7.89. The van der Waals surface area contributed by atoms with Crippen molar-refractivity contribution < 1.29 is 17.9 Å². The second kappa shape index (κ2) is 9.86. The number of aromatic amines is 1. The van der Waals surface area contributed by atoms with E-state index in [0.717, 1.165) is 5.56 Å². The topological polar surface area (TPSA) is 130 Å². The van der Waals surface area contributed by atoms with Gasteiger partial charge in [-0.1, -0.05) is 48.5 Å². The Morgan fingerprint density at radius 1 is 1.00 bits per heavy atom. The number of H-pyrrole nitrogens is 1. The van der Waals surface area contributed by atoms with E-state index >= 15 is 0 Å². The van der Waals surface area contributed by atoms with Crippen LogP contribution in [-0.4, -0.2) is 31.6 Å².